The molecule has 0 spiro atoms. The van der Waals surface area contributed by atoms with Gasteiger partial charge >= 0.3 is 0 Å². The third-order valence-electron chi connectivity index (χ3n) is 9.07. The van der Waals surface area contributed by atoms with Crippen LogP contribution in [0.4, 0.5) is 11.9 Å². The van der Waals surface area contributed by atoms with E-state index in [1.54, 1.807) is 10.6 Å². The number of ketones is 1. The van der Waals surface area contributed by atoms with Gasteiger partial charge in [0.2, 0.25) is 11.9 Å². The maximum absolute atomic E-state index is 12.6. The molecule has 0 aliphatic heterocycles. The molecular formula is C38H46N8O2. The van der Waals surface area contributed by atoms with E-state index in [0.717, 1.165) is 83.1 Å². The minimum absolute atomic E-state index is 0.0885. The second-order valence-corrected chi connectivity index (χ2v) is 13.4. The zero-order chi connectivity index (χ0) is 33.6. The number of pyridine rings is 1. The summed E-state index contributed by atoms with van der Waals surface area (Å²) in [5.74, 6) is 2.02. The van der Waals surface area contributed by atoms with Gasteiger partial charge in [-0.15, -0.1) is 0 Å². The van der Waals surface area contributed by atoms with Gasteiger partial charge in [-0.05, 0) is 80.3 Å². The van der Waals surface area contributed by atoms with Crippen molar-refractivity contribution >= 4 is 34.1 Å². The van der Waals surface area contributed by atoms with Crippen LogP contribution >= 0.6 is 0 Å². The van der Waals surface area contributed by atoms with Crippen molar-refractivity contribution < 1.29 is 9.90 Å². The molecule has 1 saturated carbocycles. The van der Waals surface area contributed by atoms with Gasteiger partial charge in [0.1, 0.15) is 0 Å². The van der Waals surface area contributed by atoms with Gasteiger partial charge in [-0.25, -0.2) is 0 Å². The van der Waals surface area contributed by atoms with Gasteiger partial charge in [-0.1, -0.05) is 62.4 Å². The molecule has 0 unspecified atom stereocenters. The van der Waals surface area contributed by atoms with Gasteiger partial charge in [0, 0.05) is 48.8 Å². The van der Waals surface area contributed by atoms with Crippen LogP contribution in [0.5, 0.6) is 0 Å². The maximum atomic E-state index is 12.6. The predicted molar refractivity (Wildman–Crippen MR) is 192 cm³/mol. The summed E-state index contributed by atoms with van der Waals surface area (Å²) in [6.45, 7) is 6.30. The largest absolute Gasteiger partial charge is 0.393 e. The predicted octanol–water partition coefficient (Wildman–Crippen LogP) is 6.27. The minimum atomic E-state index is -0.175. The monoisotopic (exact) mass is 646 g/mol. The van der Waals surface area contributed by atoms with E-state index >= 15 is 0 Å². The van der Waals surface area contributed by atoms with Crippen molar-refractivity contribution in [2.45, 2.75) is 64.5 Å². The Labute approximate surface area is 282 Å². The van der Waals surface area contributed by atoms with E-state index in [-0.39, 0.29) is 17.8 Å². The molecule has 3 aromatic heterocycles. The Morgan fingerprint density at radius 1 is 1.06 bits per heavy atom. The second kappa shape index (κ2) is 15.0. The van der Waals surface area contributed by atoms with Crippen molar-refractivity contribution in [3.8, 4) is 11.3 Å². The number of carbonyl (C=O) groups excluding carboxylic acids is 1. The third kappa shape index (κ3) is 7.89. The number of hydrogen-bond donors (Lipinski definition) is 3. The zero-order valence-electron chi connectivity index (χ0n) is 28.4. The second-order valence-electron chi connectivity index (χ2n) is 13.4. The fourth-order valence-corrected chi connectivity index (χ4v) is 6.37. The van der Waals surface area contributed by atoms with E-state index in [1.165, 1.54) is 0 Å². The van der Waals surface area contributed by atoms with Crippen molar-refractivity contribution in [3.05, 3.63) is 89.8 Å². The summed E-state index contributed by atoms with van der Waals surface area (Å²) in [6, 6.07) is 16.5. The van der Waals surface area contributed by atoms with Crippen molar-refractivity contribution in [3.63, 3.8) is 0 Å². The Morgan fingerprint density at radius 2 is 1.88 bits per heavy atom. The van der Waals surface area contributed by atoms with Crippen molar-refractivity contribution in [2.24, 2.45) is 5.92 Å². The standard InChI is InChI=1S/C38H46N8O2/c1-25(2)34-24-42-46-36(34)43-37(40-22-26-11-14-30(47)15-12-26)44-38(46)41-23-29-8-5-6-10-32(29)35-33-16-13-27(20-28(33)17-18-39-35)21-31(48)9-7-19-45(3)4/h5-10,13,16-18,20,24-26,30,47H,11-12,14-15,19,21-23H2,1-4H3,(H2,40,41,43,44)/b9-7+. The summed E-state index contributed by atoms with van der Waals surface area (Å²) < 4.78 is 1.79. The van der Waals surface area contributed by atoms with E-state index in [0.29, 0.717) is 30.8 Å². The number of aliphatic hydroxyl groups excluding tert-OH is 1. The molecule has 0 saturated heterocycles. The number of fused-ring (bicyclic) bond motifs is 2. The molecule has 0 radical (unpaired) electrons. The Balaban J connectivity index is 1.24. The van der Waals surface area contributed by atoms with Gasteiger partial charge in [0.15, 0.2) is 11.4 Å². The Hall–Kier alpha value is -4.67. The van der Waals surface area contributed by atoms with Gasteiger partial charge in [-0.2, -0.15) is 19.6 Å². The number of aromatic nitrogens is 5. The first-order valence-electron chi connectivity index (χ1n) is 17.0. The van der Waals surface area contributed by atoms with Crippen molar-refractivity contribution in [2.75, 3.05) is 37.8 Å². The fraction of sp³-hybridized carbons (Fsp3) is 0.395. The summed E-state index contributed by atoms with van der Waals surface area (Å²) >= 11 is 0. The van der Waals surface area contributed by atoms with Crippen molar-refractivity contribution in [1.82, 2.24) is 29.5 Å². The molecule has 3 heterocycles. The minimum Gasteiger partial charge on any atom is -0.393 e. The highest BCUT2D eigenvalue weighted by atomic mass is 16.3. The topological polar surface area (TPSA) is 121 Å². The van der Waals surface area contributed by atoms with Crippen LogP contribution < -0.4 is 10.6 Å². The molecule has 0 atom stereocenters. The number of anilines is 2. The Kier molecular flexibility index (Phi) is 10.4. The molecule has 10 heteroatoms. The Morgan fingerprint density at radius 3 is 2.67 bits per heavy atom. The lowest BCUT2D eigenvalue weighted by Crippen LogP contribution is -2.24. The molecule has 2 aromatic carbocycles. The smallest absolute Gasteiger partial charge is 0.229 e. The number of likely N-dealkylation sites (N-methyl/N-ethyl adjacent to an activating group) is 1. The number of allylic oxidation sites excluding steroid dienone is 1. The number of nitrogens with one attached hydrogen (secondary N) is 2. The number of carbonyl (C=O) groups is 1. The summed E-state index contributed by atoms with van der Waals surface area (Å²) in [5.41, 5.74) is 5.82. The highest BCUT2D eigenvalue weighted by Crippen LogP contribution is 2.31. The van der Waals surface area contributed by atoms with Crippen LogP contribution in [0.15, 0.2) is 73.1 Å². The molecular weight excluding hydrogens is 600 g/mol. The number of nitrogens with zero attached hydrogens (tertiary/aromatic N) is 6. The number of benzene rings is 2. The lowest BCUT2D eigenvalue weighted by atomic mass is 9.87. The molecule has 1 aliphatic rings. The van der Waals surface area contributed by atoms with Gasteiger partial charge < -0.3 is 20.6 Å². The van der Waals surface area contributed by atoms with E-state index in [2.05, 4.69) is 53.8 Å². The number of aliphatic hydroxyl groups is 1. The van der Waals surface area contributed by atoms with Crippen LogP contribution in [0.1, 0.15) is 62.1 Å². The van der Waals surface area contributed by atoms with Crippen LogP contribution in [0.2, 0.25) is 0 Å². The molecule has 0 bridgehead atoms. The molecule has 6 rings (SSSR count). The quantitative estimate of drug-likeness (QED) is 0.127. The van der Waals surface area contributed by atoms with Crippen LogP contribution in [-0.4, -0.2) is 73.6 Å². The van der Waals surface area contributed by atoms with Crippen LogP contribution in [-0.2, 0) is 17.8 Å². The highest BCUT2D eigenvalue weighted by Gasteiger charge is 2.21. The average Bonchev–Trinajstić information content (AvgIpc) is 3.51. The molecule has 3 N–H and O–H groups in total. The zero-order valence-corrected chi connectivity index (χ0v) is 28.4. The third-order valence-corrected chi connectivity index (χ3v) is 9.07. The Bertz CT molecular complexity index is 1910. The van der Waals surface area contributed by atoms with E-state index in [4.69, 9.17) is 15.0 Å². The van der Waals surface area contributed by atoms with Crippen LogP contribution in [0, 0.1) is 5.92 Å². The first-order chi connectivity index (χ1) is 23.2. The molecule has 5 aromatic rings. The lowest BCUT2D eigenvalue weighted by molar-refractivity contribution is -0.114. The first-order valence-corrected chi connectivity index (χ1v) is 17.0. The van der Waals surface area contributed by atoms with Crippen LogP contribution in [0.3, 0.4) is 0 Å². The SMILES string of the molecule is CC(C)c1cnn2c(NCc3ccccc3-c3nccc4cc(CC(=O)/C=C/CN(C)C)ccc34)nc(NCC3CCC(O)CC3)nc12. The summed E-state index contributed by atoms with van der Waals surface area (Å²) in [7, 11) is 3.96. The van der Waals surface area contributed by atoms with Gasteiger partial charge in [-0.3, -0.25) is 9.78 Å². The fourth-order valence-electron chi connectivity index (χ4n) is 6.37. The van der Waals surface area contributed by atoms with Gasteiger partial charge in [0.25, 0.3) is 0 Å². The summed E-state index contributed by atoms with van der Waals surface area (Å²) in [6.07, 6.45) is 11.2. The average molecular weight is 647 g/mol. The van der Waals surface area contributed by atoms with E-state index in [1.807, 2.05) is 61.7 Å². The molecule has 48 heavy (non-hydrogen) atoms. The summed E-state index contributed by atoms with van der Waals surface area (Å²) in [4.78, 5) is 29.1. The van der Waals surface area contributed by atoms with Gasteiger partial charge in [0.05, 0.1) is 18.0 Å². The van der Waals surface area contributed by atoms with Crippen LogP contribution in [0.25, 0.3) is 27.7 Å². The normalized spacial score (nSPS) is 16.8. The molecule has 250 valence electrons. The van der Waals surface area contributed by atoms with E-state index in [9.17, 15) is 9.90 Å². The van der Waals surface area contributed by atoms with Crippen molar-refractivity contribution in [1.29, 1.82) is 0 Å². The summed E-state index contributed by atoms with van der Waals surface area (Å²) in [5, 5.41) is 23.7. The lowest BCUT2D eigenvalue weighted by Gasteiger charge is -2.25. The molecule has 10 nitrogen and oxygen atoms in total. The number of rotatable bonds is 13. The van der Waals surface area contributed by atoms with E-state index < -0.39 is 0 Å². The number of hydrogen-bond acceptors (Lipinski definition) is 9. The molecule has 1 fully saturated rings. The molecule has 0 amide bonds. The maximum Gasteiger partial charge on any atom is 0.229 e. The highest BCUT2D eigenvalue weighted by molar-refractivity contribution is 5.97. The molecule has 1 aliphatic carbocycles. The first kappa shape index (κ1) is 33.2.